The molecule has 2 aliphatic heterocycles. The number of nitrogens with zero attached hydrogens (tertiary/aromatic N) is 2. The molecule has 5 nitrogen and oxygen atoms in total. The highest BCUT2D eigenvalue weighted by Crippen LogP contribution is 2.36. The van der Waals surface area contributed by atoms with Crippen LogP contribution in [0, 0.1) is 17.6 Å². The molecule has 31 heavy (non-hydrogen) atoms. The molecule has 2 aliphatic rings. The summed E-state index contributed by atoms with van der Waals surface area (Å²) in [5.74, 6) is -0.807. The summed E-state index contributed by atoms with van der Waals surface area (Å²) >= 11 is 0. The van der Waals surface area contributed by atoms with Crippen LogP contribution in [0.15, 0.2) is 30.3 Å². The molecule has 0 radical (unpaired) electrons. The number of anilines is 1. The molecule has 2 heterocycles. The Labute approximate surface area is 187 Å². The number of benzene rings is 2. The molecule has 168 valence electrons. The monoisotopic (exact) mass is 452 g/mol. The largest absolute Gasteiger partial charge is 0.493 e. The fourth-order valence-corrected chi connectivity index (χ4v) is 4.06. The van der Waals surface area contributed by atoms with Gasteiger partial charge in [-0.25, -0.2) is 8.78 Å². The van der Waals surface area contributed by atoms with Gasteiger partial charge >= 0.3 is 0 Å². The van der Waals surface area contributed by atoms with Crippen LogP contribution in [0.5, 0.6) is 11.5 Å². The first-order valence-electron chi connectivity index (χ1n) is 10.3. The molecule has 0 unspecified atom stereocenters. The first-order chi connectivity index (χ1) is 14.5. The van der Waals surface area contributed by atoms with E-state index in [2.05, 4.69) is 11.8 Å². The van der Waals surface area contributed by atoms with Crippen molar-refractivity contribution in [2.24, 2.45) is 5.92 Å². The van der Waals surface area contributed by atoms with E-state index in [4.69, 9.17) is 9.47 Å². The van der Waals surface area contributed by atoms with Gasteiger partial charge in [0.2, 0.25) is 0 Å². The van der Waals surface area contributed by atoms with Crippen molar-refractivity contribution in [2.45, 2.75) is 26.3 Å². The number of halogens is 3. The minimum Gasteiger partial charge on any atom is -0.493 e. The smallest absolute Gasteiger partial charge is 0.262 e. The first kappa shape index (κ1) is 23.3. The highest BCUT2D eigenvalue weighted by atomic mass is 35.5. The Hall–Kier alpha value is -2.38. The van der Waals surface area contributed by atoms with Gasteiger partial charge in [0.1, 0.15) is 6.61 Å². The van der Waals surface area contributed by atoms with Crippen LogP contribution in [0.25, 0.3) is 0 Å². The van der Waals surface area contributed by atoms with E-state index in [1.807, 2.05) is 0 Å². The van der Waals surface area contributed by atoms with E-state index in [9.17, 15) is 13.6 Å². The zero-order valence-corrected chi connectivity index (χ0v) is 18.5. The summed E-state index contributed by atoms with van der Waals surface area (Å²) in [5, 5.41) is 0. The third-order valence-corrected chi connectivity index (χ3v) is 5.97. The Morgan fingerprint density at radius 3 is 2.55 bits per heavy atom. The van der Waals surface area contributed by atoms with E-state index < -0.39 is 17.5 Å². The number of hydrogen-bond acceptors (Lipinski definition) is 4. The third kappa shape index (κ3) is 4.77. The van der Waals surface area contributed by atoms with Gasteiger partial charge in [-0.2, -0.15) is 0 Å². The standard InChI is InChI=1S/C23H26F2N2O3.ClH/c1-15-7-9-26(10-8-15)11-12-30-20-13-17(4-6-19(20)29-2)27-14-16-3-5-18(24)22(25)21(16)23(27)28;/h3-6,13,15H,7-12,14H2,1-2H3;1H. The lowest BCUT2D eigenvalue weighted by Crippen LogP contribution is -2.35. The number of likely N-dealkylation sites (tertiary alicyclic amines) is 1. The minimum absolute atomic E-state index is 0. The molecule has 8 heteroatoms. The zero-order valence-electron chi connectivity index (χ0n) is 17.7. The summed E-state index contributed by atoms with van der Waals surface area (Å²) < 4.78 is 39.1. The second kappa shape index (κ2) is 9.83. The molecule has 4 rings (SSSR count). The van der Waals surface area contributed by atoms with Gasteiger partial charge < -0.3 is 14.4 Å². The van der Waals surface area contributed by atoms with Crippen LogP contribution in [0.2, 0.25) is 0 Å². The quantitative estimate of drug-likeness (QED) is 0.639. The number of carbonyl (C=O) groups is 1. The number of ether oxygens (including phenoxy) is 2. The highest BCUT2D eigenvalue weighted by Gasteiger charge is 2.33. The lowest BCUT2D eigenvalue weighted by Gasteiger charge is -2.30. The summed E-state index contributed by atoms with van der Waals surface area (Å²) in [6.07, 6.45) is 2.40. The fourth-order valence-electron chi connectivity index (χ4n) is 4.06. The minimum atomic E-state index is -1.10. The maximum atomic E-state index is 14.1. The van der Waals surface area contributed by atoms with Crippen molar-refractivity contribution in [3.63, 3.8) is 0 Å². The molecule has 0 bridgehead atoms. The maximum Gasteiger partial charge on any atom is 0.262 e. The number of hydrogen-bond donors (Lipinski definition) is 0. The number of piperidine rings is 1. The van der Waals surface area contributed by atoms with Gasteiger partial charge in [-0.05, 0) is 55.6 Å². The number of amides is 1. The van der Waals surface area contributed by atoms with Crippen LogP contribution in [-0.4, -0.2) is 44.2 Å². The molecule has 0 aliphatic carbocycles. The average molecular weight is 453 g/mol. The van der Waals surface area contributed by atoms with E-state index in [1.165, 1.54) is 23.8 Å². The van der Waals surface area contributed by atoms with Crippen molar-refractivity contribution in [1.82, 2.24) is 4.90 Å². The summed E-state index contributed by atoms with van der Waals surface area (Å²) in [6.45, 7) is 5.93. The molecule has 1 fully saturated rings. The van der Waals surface area contributed by atoms with E-state index in [-0.39, 0.29) is 24.5 Å². The lowest BCUT2D eigenvalue weighted by atomic mass is 9.99. The SMILES string of the molecule is COc1ccc(N2Cc3ccc(F)c(F)c3C2=O)cc1OCCN1CCC(C)CC1.Cl. The maximum absolute atomic E-state index is 14.1. The Balaban J connectivity index is 0.00000272. The second-order valence-electron chi connectivity index (χ2n) is 7.99. The molecule has 0 saturated carbocycles. The van der Waals surface area contributed by atoms with Gasteiger partial charge in [0.05, 0.1) is 19.2 Å². The third-order valence-electron chi connectivity index (χ3n) is 5.97. The number of fused-ring (bicyclic) bond motifs is 1. The Kier molecular flexibility index (Phi) is 7.38. The van der Waals surface area contributed by atoms with E-state index in [0.29, 0.717) is 29.4 Å². The van der Waals surface area contributed by atoms with Crippen molar-refractivity contribution in [2.75, 3.05) is 38.3 Å². The molecule has 1 saturated heterocycles. The van der Waals surface area contributed by atoms with Crippen molar-refractivity contribution < 1.29 is 23.0 Å². The summed E-state index contributed by atoms with van der Waals surface area (Å²) in [7, 11) is 1.56. The molecule has 1 amide bonds. The summed E-state index contributed by atoms with van der Waals surface area (Å²) in [5.41, 5.74) is 0.822. The molecule has 0 spiro atoms. The van der Waals surface area contributed by atoms with Crippen molar-refractivity contribution in [3.05, 3.63) is 53.1 Å². The van der Waals surface area contributed by atoms with Crippen LogP contribution in [-0.2, 0) is 6.54 Å². The highest BCUT2D eigenvalue weighted by molar-refractivity contribution is 6.10. The molecule has 0 atom stereocenters. The second-order valence-corrected chi connectivity index (χ2v) is 7.99. The summed E-state index contributed by atoms with van der Waals surface area (Å²) in [6, 6.07) is 7.66. The van der Waals surface area contributed by atoms with E-state index >= 15 is 0 Å². The van der Waals surface area contributed by atoms with E-state index in [0.717, 1.165) is 31.6 Å². The van der Waals surface area contributed by atoms with Gasteiger partial charge in [0, 0.05) is 18.3 Å². The Morgan fingerprint density at radius 1 is 1.10 bits per heavy atom. The van der Waals surface area contributed by atoms with Gasteiger partial charge in [0.15, 0.2) is 23.1 Å². The topological polar surface area (TPSA) is 42.0 Å². The summed E-state index contributed by atoms with van der Waals surface area (Å²) in [4.78, 5) is 16.5. The van der Waals surface area contributed by atoms with Gasteiger partial charge in [-0.15, -0.1) is 12.4 Å². The van der Waals surface area contributed by atoms with Crippen molar-refractivity contribution in [3.8, 4) is 11.5 Å². The fraction of sp³-hybridized carbons (Fsp3) is 0.435. The molecule has 0 N–H and O–H groups in total. The molecule has 2 aromatic rings. The van der Waals surface area contributed by atoms with E-state index in [1.54, 1.807) is 25.3 Å². The first-order valence-corrected chi connectivity index (χ1v) is 10.3. The van der Waals surface area contributed by atoms with Crippen LogP contribution >= 0.6 is 12.4 Å². The molecule has 2 aromatic carbocycles. The predicted molar refractivity (Wildman–Crippen MR) is 117 cm³/mol. The normalized spacial score (nSPS) is 16.8. The Morgan fingerprint density at radius 2 is 1.84 bits per heavy atom. The molecular weight excluding hydrogens is 426 g/mol. The number of methoxy groups -OCH3 is 1. The Bertz CT molecular complexity index is 949. The average Bonchev–Trinajstić information content (AvgIpc) is 3.09. The molecule has 0 aromatic heterocycles. The van der Waals surface area contributed by atoms with Crippen LogP contribution in [0.3, 0.4) is 0 Å². The predicted octanol–water partition coefficient (Wildman–Crippen LogP) is 4.67. The molecular formula is C23H27ClF2N2O3. The van der Waals surface area contributed by atoms with Crippen LogP contribution < -0.4 is 14.4 Å². The van der Waals surface area contributed by atoms with Crippen molar-refractivity contribution in [1.29, 1.82) is 0 Å². The number of rotatable bonds is 6. The van der Waals surface area contributed by atoms with Crippen LogP contribution in [0.1, 0.15) is 35.7 Å². The van der Waals surface area contributed by atoms with Gasteiger partial charge in [-0.3, -0.25) is 9.69 Å². The van der Waals surface area contributed by atoms with Gasteiger partial charge in [0.25, 0.3) is 5.91 Å². The number of carbonyl (C=O) groups excluding carboxylic acids is 1. The lowest BCUT2D eigenvalue weighted by molar-refractivity contribution is 0.0992. The zero-order chi connectivity index (χ0) is 21.3. The van der Waals surface area contributed by atoms with Gasteiger partial charge in [-0.1, -0.05) is 13.0 Å². The van der Waals surface area contributed by atoms with Crippen molar-refractivity contribution >= 4 is 24.0 Å². The van der Waals surface area contributed by atoms with Crippen LogP contribution in [0.4, 0.5) is 14.5 Å².